The van der Waals surface area contributed by atoms with Gasteiger partial charge in [-0.15, -0.1) is 0 Å². The van der Waals surface area contributed by atoms with Gasteiger partial charge in [0.25, 0.3) is 0 Å². The quantitative estimate of drug-likeness (QED) is 0.651. The summed E-state index contributed by atoms with van der Waals surface area (Å²) in [7, 11) is 0. The Kier molecular flexibility index (Phi) is 3.33. The Morgan fingerprint density at radius 2 is 2.00 bits per heavy atom. The van der Waals surface area contributed by atoms with Gasteiger partial charge in [0.1, 0.15) is 0 Å². The Bertz CT molecular complexity index is 300. The van der Waals surface area contributed by atoms with Gasteiger partial charge >= 0.3 is 0 Å². The Labute approximate surface area is 85.9 Å². The Morgan fingerprint density at radius 1 is 1.07 bits per heavy atom. The number of hydrogen-bond acceptors (Lipinski definition) is 1. The van der Waals surface area contributed by atoms with E-state index in [1.807, 2.05) is 18.5 Å². The van der Waals surface area contributed by atoms with Gasteiger partial charge in [-0.25, -0.2) is 0 Å². The molecule has 0 spiro atoms. The molecule has 14 heavy (non-hydrogen) atoms. The number of nitrogens with zero attached hydrogens (tertiary/aromatic N) is 1. The first kappa shape index (κ1) is 9.45. The molecule has 0 aliphatic heterocycles. The van der Waals surface area contributed by atoms with Crippen LogP contribution in [0.15, 0.2) is 30.6 Å². The van der Waals surface area contributed by atoms with Crippen LogP contribution in [-0.4, -0.2) is 4.98 Å². The molecule has 0 saturated heterocycles. The Morgan fingerprint density at radius 3 is 2.86 bits per heavy atom. The fourth-order valence-corrected chi connectivity index (χ4v) is 2.01. The lowest BCUT2D eigenvalue weighted by Gasteiger charge is -2.10. The Hall–Kier alpha value is -1.11. The SMILES string of the molecule is C1=C(/c2cccnc2)CCCCCC/1. The van der Waals surface area contributed by atoms with Crippen LogP contribution in [0, 0.1) is 0 Å². The summed E-state index contributed by atoms with van der Waals surface area (Å²) in [6, 6.07) is 4.19. The molecule has 74 valence electrons. The average molecular weight is 187 g/mol. The summed E-state index contributed by atoms with van der Waals surface area (Å²) in [4.78, 5) is 4.17. The van der Waals surface area contributed by atoms with Crippen LogP contribution in [0.3, 0.4) is 0 Å². The van der Waals surface area contributed by atoms with Gasteiger partial charge in [0.05, 0.1) is 0 Å². The van der Waals surface area contributed by atoms with Crippen molar-refractivity contribution in [1.82, 2.24) is 4.98 Å². The number of allylic oxidation sites excluding steroid dienone is 2. The monoisotopic (exact) mass is 187 g/mol. The highest BCUT2D eigenvalue weighted by Crippen LogP contribution is 2.24. The molecule has 0 atom stereocenters. The molecule has 1 aromatic rings. The summed E-state index contributed by atoms with van der Waals surface area (Å²) < 4.78 is 0. The third-order valence-electron chi connectivity index (χ3n) is 2.82. The predicted octanol–water partition coefficient (Wildman–Crippen LogP) is 3.82. The Balaban J connectivity index is 2.15. The lowest BCUT2D eigenvalue weighted by atomic mass is 9.96. The van der Waals surface area contributed by atoms with E-state index in [1.165, 1.54) is 49.7 Å². The first-order valence-electron chi connectivity index (χ1n) is 5.56. The van der Waals surface area contributed by atoms with E-state index < -0.39 is 0 Å². The summed E-state index contributed by atoms with van der Waals surface area (Å²) in [6.45, 7) is 0. The second-order valence-corrected chi connectivity index (χ2v) is 3.92. The standard InChI is InChI=1S/C13H17N/c1-2-4-7-12(8-5-3-1)13-9-6-10-14-11-13/h6-7,9-11H,1-5,8H2/b12-7+. The maximum atomic E-state index is 4.17. The van der Waals surface area contributed by atoms with Crippen molar-refractivity contribution < 1.29 is 0 Å². The third kappa shape index (κ3) is 2.44. The maximum absolute atomic E-state index is 4.17. The van der Waals surface area contributed by atoms with E-state index >= 15 is 0 Å². The normalized spacial score (nSPS) is 21.9. The van der Waals surface area contributed by atoms with E-state index in [4.69, 9.17) is 0 Å². The topological polar surface area (TPSA) is 12.9 Å². The van der Waals surface area contributed by atoms with E-state index in [2.05, 4.69) is 17.1 Å². The molecule has 1 heteroatoms. The molecule has 2 rings (SSSR count). The number of pyridine rings is 1. The molecule has 1 aliphatic rings. The predicted molar refractivity (Wildman–Crippen MR) is 59.9 cm³/mol. The van der Waals surface area contributed by atoms with E-state index in [9.17, 15) is 0 Å². The van der Waals surface area contributed by atoms with Crippen molar-refractivity contribution in [3.63, 3.8) is 0 Å². The van der Waals surface area contributed by atoms with Crippen molar-refractivity contribution in [1.29, 1.82) is 0 Å². The highest BCUT2D eigenvalue weighted by Gasteiger charge is 2.03. The van der Waals surface area contributed by atoms with Gasteiger partial charge in [-0.3, -0.25) is 4.98 Å². The lowest BCUT2D eigenvalue weighted by molar-refractivity contribution is 0.643. The van der Waals surface area contributed by atoms with Crippen molar-refractivity contribution in [2.24, 2.45) is 0 Å². The molecule has 1 heterocycles. The van der Waals surface area contributed by atoms with Gasteiger partial charge in [0.2, 0.25) is 0 Å². The molecule has 1 aliphatic carbocycles. The van der Waals surface area contributed by atoms with Crippen LogP contribution in [0.25, 0.3) is 5.57 Å². The van der Waals surface area contributed by atoms with Crippen molar-refractivity contribution in [3.8, 4) is 0 Å². The van der Waals surface area contributed by atoms with Gasteiger partial charge in [-0.05, 0) is 42.9 Å². The van der Waals surface area contributed by atoms with Crippen molar-refractivity contribution in [2.75, 3.05) is 0 Å². The zero-order chi connectivity index (χ0) is 9.64. The van der Waals surface area contributed by atoms with Gasteiger partial charge in [-0.1, -0.05) is 25.0 Å². The number of hydrogen-bond donors (Lipinski definition) is 0. The second kappa shape index (κ2) is 4.94. The molecule has 0 unspecified atom stereocenters. The second-order valence-electron chi connectivity index (χ2n) is 3.92. The molecule has 1 nitrogen and oxygen atoms in total. The molecule has 0 bridgehead atoms. The highest BCUT2D eigenvalue weighted by molar-refractivity contribution is 5.64. The summed E-state index contributed by atoms with van der Waals surface area (Å²) in [5.74, 6) is 0. The molecule has 1 aromatic heterocycles. The van der Waals surface area contributed by atoms with Crippen molar-refractivity contribution in [3.05, 3.63) is 36.2 Å². The van der Waals surface area contributed by atoms with Gasteiger partial charge < -0.3 is 0 Å². The van der Waals surface area contributed by atoms with Crippen LogP contribution in [0.2, 0.25) is 0 Å². The first-order chi connectivity index (χ1) is 6.97. The van der Waals surface area contributed by atoms with Crippen LogP contribution >= 0.6 is 0 Å². The number of rotatable bonds is 1. The summed E-state index contributed by atoms with van der Waals surface area (Å²) in [5.41, 5.74) is 2.81. The van der Waals surface area contributed by atoms with Crippen LogP contribution in [-0.2, 0) is 0 Å². The molecule has 0 aromatic carbocycles. The maximum Gasteiger partial charge on any atom is 0.0342 e. The van der Waals surface area contributed by atoms with E-state index in [1.54, 1.807) is 0 Å². The minimum atomic E-state index is 1.23. The third-order valence-corrected chi connectivity index (χ3v) is 2.82. The zero-order valence-corrected chi connectivity index (χ0v) is 8.58. The van der Waals surface area contributed by atoms with Gasteiger partial charge in [0, 0.05) is 12.4 Å². The van der Waals surface area contributed by atoms with Crippen molar-refractivity contribution in [2.45, 2.75) is 38.5 Å². The smallest absolute Gasteiger partial charge is 0.0342 e. The highest BCUT2D eigenvalue weighted by atomic mass is 14.6. The van der Waals surface area contributed by atoms with E-state index in [-0.39, 0.29) is 0 Å². The molecule has 0 radical (unpaired) electrons. The molecule has 0 N–H and O–H groups in total. The fraction of sp³-hybridized carbons (Fsp3) is 0.462. The summed E-state index contributed by atoms with van der Waals surface area (Å²) in [6.07, 6.45) is 14.2. The minimum absolute atomic E-state index is 1.23. The zero-order valence-electron chi connectivity index (χ0n) is 8.58. The number of aromatic nitrogens is 1. The largest absolute Gasteiger partial charge is 0.264 e. The van der Waals surface area contributed by atoms with E-state index in [0.29, 0.717) is 0 Å². The van der Waals surface area contributed by atoms with Crippen LogP contribution < -0.4 is 0 Å². The molecular weight excluding hydrogens is 170 g/mol. The van der Waals surface area contributed by atoms with Crippen molar-refractivity contribution >= 4 is 5.57 Å². The molecule has 0 saturated carbocycles. The summed E-state index contributed by atoms with van der Waals surface area (Å²) in [5, 5.41) is 0. The van der Waals surface area contributed by atoms with Crippen LogP contribution in [0.1, 0.15) is 44.1 Å². The van der Waals surface area contributed by atoms with Gasteiger partial charge in [-0.2, -0.15) is 0 Å². The van der Waals surface area contributed by atoms with Crippen LogP contribution in [0.4, 0.5) is 0 Å². The average Bonchev–Trinajstić information content (AvgIpc) is 2.18. The van der Waals surface area contributed by atoms with E-state index in [0.717, 1.165) is 0 Å². The van der Waals surface area contributed by atoms with Crippen LogP contribution in [0.5, 0.6) is 0 Å². The first-order valence-corrected chi connectivity index (χ1v) is 5.56. The van der Waals surface area contributed by atoms with Gasteiger partial charge in [0.15, 0.2) is 0 Å². The fourth-order valence-electron chi connectivity index (χ4n) is 2.01. The minimum Gasteiger partial charge on any atom is -0.264 e. The lowest BCUT2D eigenvalue weighted by Crippen LogP contribution is -1.90. The molecule has 0 amide bonds. The molecule has 0 fully saturated rings. The molecular formula is C13H17N. The summed E-state index contributed by atoms with van der Waals surface area (Å²) >= 11 is 0.